The summed E-state index contributed by atoms with van der Waals surface area (Å²) >= 11 is 0. The second-order valence-corrected chi connectivity index (χ2v) is 6.52. The Morgan fingerprint density at radius 3 is 2.50 bits per heavy atom. The standard InChI is InChI=1S/C21H21N3O4/c1-3-27-18-10-6-16(7-11-18)24-13-15(12-19(24)25)21-22-20(23-28-21)14-4-8-17(26-2)9-5-14/h4-11,15H,3,12-13H2,1-2H3/t15-/m0/s1. The van der Waals surface area contributed by atoms with Gasteiger partial charge >= 0.3 is 0 Å². The number of ether oxygens (including phenoxy) is 2. The van der Waals surface area contributed by atoms with E-state index in [1.807, 2.05) is 55.5 Å². The molecular formula is C21H21N3O4. The van der Waals surface area contributed by atoms with Crippen LogP contribution in [-0.4, -0.2) is 36.3 Å². The molecule has 1 aliphatic rings. The van der Waals surface area contributed by atoms with Gasteiger partial charge in [-0.3, -0.25) is 4.79 Å². The Labute approximate surface area is 162 Å². The van der Waals surface area contributed by atoms with E-state index < -0.39 is 0 Å². The van der Waals surface area contributed by atoms with Gasteiger partial charge in [0.1, 0.15) is 11.5 Å². The summed E-state index contributed by atoms with van der Waals surface area (Å²) in [6, 6.07) is 15.0. The smallest absolute Gasteiger partial charge is 0.232 e. The number of rotatable bonds is 6. The van der Waals surface area contributed by atoms with Crippen LogP contribution in [0.25, 0.3) is 11.4 Å². The van der Waals surface area contributed by atoms with Crippen molar-refractivity contribution in [1.82, 2.24) is 10.1 Å². The second-order valence-electron chi connectivity index (χ2n) is 6.52. The molecule has 1 amide bonds. The highest BCUT2D eigenvalue weighted by Gasteiger charge is 2.35. The first-order valence-corrected chi connectivity index (χ1v) is 9.19. The first-order valence-electron chi connectivity index (χ1n) is 9.19. The molecule has 1 aromatic heterocycles. The highest BCUT2D eigenvalue weighted by atomic mass is 16.5. The number of carbonyl (C=O) groups is 1. The lowest BCUT2D eigenvalue weighted by molar-refractivity contribution is -0.117. The number of anilines is 1. The first-order chi connectivity index (χ1) is 13.7. The van der Waals surface area contributed by atoms with Crippen molar-refractivity contribution < 1.29 is 18.8 Å². The van der Waals surface area contributed by atoms with Crippen molar-refractivity contribution in [2.24, 2.45) is 0 Å². The summed E-state index contributed by atoms with van der Waals surface area (Å²) in [6.45, 7) is 3.06. The van der Waals surface area contributed by atoms with Crippen molar-refractivity contribution in [2.45, 2.75) is 19.3 Å². The minimum absolute atomic E-state index is 0.0401. The number of methoxy groups -OCH3 is 1. The third-order valence-corrected chi connectivity index (χ3v) is 4.72. The zero-order valence-electron chi connectivity index (χ0n) is 15.8. The van der Waals surface area contributed by atoms with Gasteiger partial charge < -0.3 is 18.9 Å². The Balaban J connectivity index is 1.48. The van der Waals surface area contributed by atoms with E-state index in [1.54, 1.807) is 12.0 Å². The molecule has 1 saturated heterocycles. The maximum Gasteiger partial charge on any atom is 0.232 e. The fourth-order valence-corrected chi connectivity index (χ4v) is 3.27. The predicted molar refractivity (Wildman–Crippen MR) is 104 cm³/mol. The molecule has 4 rings (SSSR count). The Morgan fingerprint density at radius 1 is 1.11 bits per heavy atom. The van der Waals surface area contributed by atoms with Gasteiger partial charge in [-0.2, -0.15) is 4.98 Å². The number of aromatic nitrogens is 2. The van der Waals surface area contributed by atoms with Crippen LogP contribution in [0.1, 0.15) is 25.2 Å². The summed E-state index contributed by atoms with van der Waals surface area (Å²) in [5.74, 6) is 2.45. The number of nitrogens with zero attached hydrogens (tertiary/aromatic N) is 3. The molecule has 144 valence electrons. The summed E-state index contributed by atoms with van der Waals surface area (Å²) in [5.41, 5.74) is 1.68. The van der Waals surface area contributed by atoms with Crippen LogP contribution in [0.5, 0.6) is 11.5 Å². The Morgan fingerprint density at radius 2 is 1.82 bits per heavy atom. The lowest BCUT2D eigenvalue weighted by atomic mass is 10.1. The lowest BCUT2D eigenvalue weighted by Crippen LogP contribution is -2.24. The van der Waals surface area contributed by atoms with Crippen LogP contribution in [0.2, 0.25) is 0 Å². The molecule has 2 aromatic carbocycles. The Kier molecular flexibility index (Phi) is 4.97. The highest BCUT2D eigenvalue weighted by molar-refractivity contribution is 5.96. The van der Waals surface area contributed by atoms with E-state index in [1.165, 1.54) is 0 Å². The second kappa shape index (κ2) is 7.72. The number of amides is 1. The molecule has 0 N–H and O–H groups in total. The zero-order valence-corrected chi connectivity index (χ0v) is 15.8. The van der Waals surface area contributed by atoms with E-state index in [0.717, 1.165) is 22.7 Å². The van der Waals surface area contributed by atoms with E-state index in [0.29, 0.717) is 31.3 Å². The summed E-state index contributed by atoms with van der Waals surface area (Å²) in [7, 11) is 1.62. The van der Waals surface area contributed by atoms with Crippen molar-refractivity contribution in [1.29, 1.82) is 0 Å². The van der Waals surface area contributed by atoms with Crippen molar-refractivity contribution in [2.75, 3.05) is 25.2 Å². The summed E-state index contributed by atoms with van der Waals surface area (Å²) in [5, 5.41) is 4.07. The minimum atomic E-state index is -0.126. The monoisotopic (exact) mass is 379 g/mol. The Bertz CT molecular complexity index is 951. The molecule has 0 aliphatic carbocycles. The molecule has 28 heavy (non-hydrogen) atoms. The molecule has 1 aliphatic heterocycles. The third kappa shape index (κ3) is 3.55. The Hall–Kier alpha value is -3.35. The van der Waals surface area contributed by atoms with Gasteiger partial charge in [-0.15, -0.1) is 0 Å². The summed E-state index contributed by atoms with van der Waals surface area (Å²) < 4.78 is 16.1. The van der Waals surface area contributed by atoms with Crippen LogP contribution < -0.4 is 14.4 Å². The van der Waals surface area contributed by atoms with Gasteiger partial charge in [0.15, 0.2) is 0 Å². The molecule has 1 atom stereocenters. The first kappa shape index (κ1) is 18.0. The van der Waals surface area contributed by atoms with Crippen LogP contribution in [-0.2, 0) is 4.79 Å². The van der Waals surface area contributed by atoms with Gasteiger partial charge in [0, 0.05) is 24.2 Å². The number of hydrogen-bond donors (Lipinski definition) is 0. The normalized spacial score (nSPS) is 16.4. The van der Waals surface area contributed by atoms with Crippen LogP contribution in [0, 0.1) is 0 Å². The molecule has 7 heteroatoms. The molecule has 2 heterocycles. The topological polar surface area (TPSA) is 77.7 Å². The predicted octanol–water partition coefficient (Wildman–Crippen LogP) is 3.66. The molecule has 7 nitrogen and oxygen atoms in total. The maximum atomic E-state index is 12.5. The van der Waals surface area contributed by atoms with Crippen LogP contribution in [0.4, 0.5) is 5.69 Å². The largest absolute Gasteiger partial charge is 0.497 e. The van der Waals surface area contributed by atoms with E-state index in [-0.39, 0.29) is 11.8 Å². The highest BCUT2D eigenvalue weighted by Crippen LogP contribution is 2.32. The molecule has 0 radical (unpaired) electrons. The van der Waals surface area contributed by atoms with E-state index in [4.69, 9.17) is 14.0 Å². The van der Waals surface area contributed by atoms with Crippen molar-refractivity contribution >= 4 is 11.6 Å². The van der Waals surface area contributed by atoms with Gasteiger partial charge in [0.25, 0.3) is 0 Å². The fraction of sp³-hybridized carbons (Fsp3) is 0.286. The quantitative estimate of drug-likeness (QED) is 0.650. The number of benzene rings is 2. The van der Waals surface area contributed by atoms with E-state index in [2.05, 4.69) is 10.1 Å². The van der Waals surface area contributed by atoms with E-state index >= 15 is 0 Å². The average molecular weight is 379 g/mol. The molecule has 0 saturated carbocycles. The molecule has 0 spiro atoms. The van der Waals surface area contributed by atoms with Crippen LogP contribution in [0.15, 0.2) is 53.1 Å². The zero-order chi connectivity index (χ0) is 19.5. The van der Waals surface area contributed by atoms with Gasteiger partial charge in [-0.25, -0.2) is 0 Å². The average Bonchev–Trinajstić information content (AvgIpc) is 3.36. The van der Waals surface area contributed by atoms with Gasteiger partial charge in [-0.1, -0.05) is 5.16 Å². The van der Waals surface area contributed by atoms with Crippen molar-refractivity contribution in [3.63, 3.8) is 0 Å². The SMILES string of the molecule is CCOc1ccc(N2C[C@@H](c3nc(-c4ccc(OC)cc4)no3)CC2=O)cc1. The minimum Gasteiger partial charge on any atom is -0.497 e. The number of hydrogen-bond acceptors (Lipinski definition) is 6. The molecule has 1 fully saturated rings. The maximum absolute atomic E-state index is 12.5. The third-order valence-electron chi connectivity index (χ3n) is 4.72. The molecule has 0 unspecified atom stereocenters. The van der Waals surface area contributed by atoms with Gasteiger partial charge in [0.05, 0.1) is 19.6 Å². The molecular weight excluding hydrogens is 358 g/mol. The lowest BCUT2D eigenvalue weighted by Gasteiger charge is -2.16. The van der Waals surface area contributed by atoms with Crippen molar-refractivity contribution in [3.8, 4) is 22.9 Å². The van der Waals surface area contributed by atoms with Gasteiger partial charge in [0.2, 0.25) is 17.6 Å². The molecule has 0 bridgehead atoms. The molecule has 3 aromatic rings. The van der Waals surface area contributed by atoms with Crippen LogP contribution >= 0.6 is 0 Å². The van der Waals surface area contributed by atoms with Gasteiger partial charge in [-0.05, 0) is 55.5 Å². The fourth-order valence-electron chi connectivity index (χ4n) is 3.27. The summed E-state index contributed by atoms with van der Waals surface area (Å²) in [4.78, 5) is 18.8. The van der Waals surface area contributed by atoms with Crippen LogP contribution in [0.3, 0.4) is 0 Å². The number of carbonyl (C=O) groups excluding carboxylic acids is 1. The van der Waals surface area contributed by atoms with E-state index in [9.17, 15) is 4.79 Å². The van der Waals surface area contributed by atoms with Crippen molar-refractivity contribution in [3.05, 3.63) is 54.4 Å². The summed E-state index contributed by atoms with van der Waals surface area (Å²) in [6.07, 6.45) is 0.345.